The summed E-state index contributed by atoms with van der Waals surface area (Å²) in [4.78, 5) is 10.9. The lowest BCUT2D eigenvalue weighted by molar-refractivity contribution is 0.122. The fraction of sp³-hybridized carbons (Fsp3) is 0.294. The molecule has 0 aliphatic carbocycles. The molecule has 124 valence electrons. The van der Waals surface area contributed by atoms with Crippen LogP contribution in [0.5, 0.6) is 0 Å². The molecule has 1 N–H and O–H groups in total. The van der Waals surface area contributed by atoms with E-state index in [0.717, 1.165) is 35.4 Å². The van der Waals surface area contributed by atoms with Crippen molar-refractivity contribution in [2.75, 3.05) is 31.2 Å². The van der Waals surface area contributed by atoms with Gasteiger partial charge < -0.3 is 19.2 Å². The van der Waals surface area contributed by atoms with Crippen LogP contribution >= 0.6 is 11.6 Å². The van der Waals surface area contributed by atoms with Crippen molar-refractivity contribution in [2.45, 2.75) is 6.61 Å². The number of benzene rings is 1. The molecular weight excluding hydrogens is 330 g/mol. The lowest BCUT2D eigenvalue weighted by Gasteiger charge is -2.28. The van der Waals surface area contributed by atoms with Gasteiger partial charge >= 0.3 is 0 Å². The van der Waals surface area contributed by atoms with Gasteiger partial charge in [-0.15, -0.1) is 0 Å². The third-order valence-electron chi connectivity index (χ3n) is 4.06. The van der Waals surface area contributed by atoms with Gasteiger partial charge in [-0.2, -0.15) is 4.98 Å². The van der Waals surface area contributed by atoms with Crippen LogP contribution in [0.4, 0.5) is 5.82 Å². The topological polar surface area (TPSA) is 71.6 Å². The van der Waals surface area contributed by atoms with E-state index in [1.54, 1.807) is 6.07 Å². The van der Waals surface area contributed by atoms with Gasteiger partial charge in [-0.05, 0) is 35.9 Å². The maximum Gasteiger partial charge on any atom is 0.224 e. The first-order chi connectivity index (χ1) is 11.7. The van der Waals surface area contributed by atoms with Gasteiger partial charge in [0.05, 0.1) is 18.7 Å². The van der Waals surface area contributed by atoms with Gasteiger partial charge in [-0.3, -0.25) is 0 Å². The molecule has 0 radical (unpaired) electrons. The summed E-state index contributed by atoms with van der Waals surface area (Å²) < 4.78 is 11.0. The van der Waals surface area contributed by atoms with Crippen molar-refractivity contribution >= 4 is 28.3 Å². The monoisotopic (exact) mass is 345 g/mol. The molecule has 2 aromatic heterocycles. The number of nitrogens with zero attached hydrogens (tertiary/aromatic N) is 3. The second kappa shape index (κ2) is 6.39. The number of fused-ring (bicyclic) bond motifs is 1. The zero-order chi connectivity index (χ0) is 16.5. The van der Waals surface area contributed by atoms with E-state index in [1.165, 1.54) is 0 Å². The van der Waals surface area contributed by atoms with Gasteiger partial charge in [0, 0.05) is 24.0 Å². The molecule has 0 saturated carbocycles. The Morgan fingerprint density at radius 2 is 1.96 bits per heavy atom. The maximum atomic E-state index is 9.14. The first-order valence-corrected chi connectivity index (χ1v) is 8.12. The lowest BCUT2D eigenvalue weighted by atomic mass is 10.1. The van der Waals surface area contributed by atoms with Gasteiger partial charge in [0.1, 0.15) is 23.9 Å². The van der Waals surface area contributed by atoms with Crippen LogP contribution in [-0.2, 0) is 11.3 Å². The van der Waals surface area contributed by atoms with Crippen molar-refractivity contribution in [1.82, 2.24) is 9.97 Å². The number of furan rings is 1. The molecule has 7 heteroatoms. The highest BCUT2D eigenvalue weighted by atomic mass is 35.5. The van der Waals surface area contributed by atoms with Crippen molar-refractivity contribution in [3.63, 3.8) is 0 Å². The van der Waals surface area contributed by atoms with Gasteiger partial charge in [-0.25, -0.2) is 4.98 Å². The SMILES string of the molecule is OCc1ccc(-c2ccc3c(N4CCOCC4)nc(Cl)nc3c2)o1. The number of aliphatic hydroxyl groups excluding tert-OH is 1. The average Bonchev–Trinajstić information content (AvgIpc) is 3.10. The summed E-state index contributed by atoms with van der Waals surface area (Å²) >= 11 is 6.13. The van der Waals surface area contributed by atoms with E-state index < -0.39 is 0 Å². The van der Waals surface area contributed by atoms with Crippen LogP contribution in [0.15, 0.2) is 34.7 Å². The minimum absolute atomic E-state index is 0.122. The Hall–Kier alpha value is -2.15. The summed E-state index contributed by atoms with van der Waals surface area (Å²) in [5, 5.41) is 10.3. The molecule has 1 aromatic carbocycles. The first-order valence-electron chi connectivity index (χ1n) is 7.74. The first kappa shape index (κ1) is 15.4. The van der Waals surface area contributed by atoms with Crippen LogP contribution in [-0.4, -0.2) is 41.4 Å². The fourth-order valence-electron chi connectivity index (χ4n) is 2.87. The van der Waals surface area contributed by atoms with E-state index in [-0.39, 0.29) is 11.9 Å². The highest BCUT2D eigenvalue weighted by molar-refractivity contribution is 6.28. The zero-order valence-corrected chi connectivity index (χ0v) is 13.7. The molecule has 1 aliphatic heterocycles. The number of hydrogen-bond donors (Lipinski definition) is 1. The number of hydrogen-bond acceptors (Lipinski definition) is 6. The van der Waals surface area contributed by atoms with Gasteiger partial charge in [-0.1, -0.05) is 6.07 Å². The van der Waals surface area contributed by atoms with Crippen molar-refractivity contribution in [2.24, 2.45) is 0 Å². The number of rotatable bonds is 3. The van der Waals surface area contributed by atoms with Crippen LogP contribution in [0.3, 0.4) is 0 Å². The van der Waals surface area contributed by atoms with Gasteiger partial charge in [0.2, 0.25) is 5.28 Å². The molecule has 0 unspecified atom stereocenters. The molecule has 0 amide bonds. The van der Waals surface area contributed by atoms with Crippen molar-refractivity contribution in [3.05, 3.63) is 41.4 Å². The Balaban J connectivity index is 1.79. The summed E-state index contributed by atoms with van der Waals surface area (Å²) in [7, 11) is 0. The average molecular weight is 346 g/mol. The van der Waals surface area contributed by atoms with Crippen molar-refractivity contribution in [3.8, 4) is 11.3 Å². The van der Waals surface area contributed by atoms with Crippen LogP contribution in [0.2, 0.25) is 5.28 Å². The van der Waals surface area contributed by atoms with E-state index >= 15 is 0 Å². The molecule has 24 heavy (non-hydrogen) atoms. The summed E-state index contributed by atoms with van der Waals surface area (Å²) in [6, 6.07) is 9.45. The van der Waals surface area contributed by atoms with Crippen molar-refractivity contribution in [1.29, 1.82) is 0 Å². The predicted octanol–water partition coefficient (Wildman–Crippen LogP) is 2.87. The largest absolute Gasteiger partial charge is 0.459 e. The summed E-state index contributed by atoms with van der Waals surface area (Å²) in [6.07, 6.45) is 0. The lowest BCUT2D eigenvalue weighted by Crippen LogP contribution is -2.37. The molecule has 1 aliphatic rings. The second-order valence-electron chi connectivity index (χ2n) is 5.57. The summed E-state index contributed by atoms with van der Waals surface area (Å²) in [5.41, 5.74) is 1.64. The van der Waals surface area contributed by atoms with E-state index in [2.05, 4.69) is 14.9 Å². The Morgan fingerprint density at radius 1 is 1.12 bits per heavy atom. The highest BCUT2D eigenvalue weighted by Crippen LogP contribution is 2.30. The Kier molecular flexibility index (Phi) is 4.10. The van der Waals surface area contributed by atoms with Crippen LogP contribution in [0.25, 0.3) is 22.2 Å². The predicted molar refractivity (Wildman–Crippen MR) is 91.2 cm³/mol. The number of ether oxygens (including phenoxy) is 1. The van der Waals surface area contributed by atoms with E-state index in [0.29, 0.717) is 24.7 Å². The fourth-order valence-corrected chi connectivity index (χ4v) is 3.04. The second-order valence-corrected chi connectivity index (χ2v) is 5.91. The molecule has 0 atom stereocenters. The van der Waals surface area contributed by atoms with Crippen molar-refractivity contribution < 1.29 is 14.3 Å². The normalized spacial score (nSPS) is 15.2. The Morgan fingerprint density at radius 3 is 2.71 bits per heavy atom. The molecule has 4 rings (SSSR count). The number of halogens is 1. The van der Waals surface area contributed by atoms with Gasteiger partial charge in [0.15, 0.2) is 0 Å². The summed E-state index contributed by atoms with van der Waals surface area (Å²) in [6.45, 7) is 2.79. The molecule has 1 fully saturated rings. The third kappa shape index (κ3) is 2.84. The smallest absolute Gasteiger partial charge is 0.224 e. The Bertz CT molecular complexity index is 875. The molecule has 3 aromatic rings. The number of aromatic nitrogens is 2. The van der Waals surface area contributed by atoms with Gasteiger partial charge in [0.25, 0.3) is 0 Å². The number of morpholine rings is 1. The van der Waals surface area contributed by atoms with Crippen LogP contribution in [0.1, 0.15) is 5.76 Å². The molecule has 6 nitrogen and oxygen atoms in total. The molecule has 0 bridgehead atoms. The zero-order valence-electron chi connectivity index (χ0n) is 12.9. The molecular formula is C17H16ClN3O3. The quantitative estimate of drug-likeness (QED) is 0.736. The standard InChI is InChI=1S/C17H16ClN3O3/c18-17-19-14-9-11(15-4-2-12(10-22)24-15)1-3-13(14)16(20-17)21-5-7-23-8-6-21/h1-4,9,22H,5-8,10H2. The minimum Gasteiger partial charge on any atom is -0.459 e. The molecule has 1 saturated heterocycles. The van der Waals surface area contributed by atoms with E-state index in [1.807, 2.05) is 24.3 Å². The Labute approximate surface area is 143 Å². The molecule has 0 spiro atoms. The maximum absolute atomic E-state index is 9.14. The third-order valence-corrected chi connectivity index (χ3v) is 4.23. The van der Waals surface area contributed by atoms with E-state index in [9.17, 15) is 0 Å². The number of anilines is 1. The molecule has 3 heterocycles. The highest BCUT2D eigenvalue weighted by Gasteiger charge is 2.17. The van der Waals surface area contributed by atoms with E-state index in [4.69, 9.17) is 25.9 Å². The number of aliphatic hydroxyl groups is 1. The van der Waals surface area contributed by atoms with Crippen LogP contribution < -0.4 is 4.90 Å². The minimum atomic E-state index is -0.122. The van der Waals surface area contributed by atoms with Crippen LogP contribution in [0, 0.1) is 0 Å². The summed E-state index contributed by atoms with van der Waals surface area (Å²) in [5.74, 6) is 2.04.